The molecule has 0 aromatic heterocycles. The molecule has 7 heteroatoms. The molecule has 1 aliphatic heterocycles. The topological polar surface area (TPSA) is 50.4 Å². The maximum absolute atomic E-state index is 12.9. The lowest BCUT2D eigenvalue weighted by Gasteiger charge is -2.44. The SMILES string of the molecule is O=C(NC1(c2cccc(C(F)(F)F)c2)CCC1)C1CNCCO1. The van der Waals surface area contributed by atoms with Crippen molar-refractivity contribution < 1.29 is 22.7 Å². The summed E-state index contributed by atoms with van der Waals surface area (Å²) in [4.78, 5) is 12.4. The summed E-state index contributed by atoms with van der Waals surface area (Å²) in [5.41, 5.74) is -0.888. The van der Waals surface area contributed by atoms with E-state index in [0.717, 1.165) is 18.6 Å². The molecule has 1 atom stereocenters. The van der Waals surface area contributed by atoms with Gasteiger partial charge in [0, 0.05) is 13.1 Å². The van der Waals surface area contributed by atoms with Crippen molar-refractivity contribution in [3.63, 3.8) is 0 Å². The molecule has 126 valence electrons. The van der Waals surface area contributed by atoms with Crippen LogP contribution < -0.4 is 10.6 Å². The van der Waals surface area contributed by atoms with E-state index < -0.39 is 23.4 Å². The lowest BCUT2D eigenvalue weighted by Crippen LogP contribution is -2.56. The van der Waals surface area contributed by atoms with Gasteiger partial charge in [0.05, 0.1) is 17.7 Å². The smallest absolute Gasteiger partial charge is 0.366 e. The van der Waals surface area contributed by atoms with Gasteiger partial charge in [-0.25, -0.2) is 0 Å². The van der Waals surface area contributed by atoms with Gasteiger partial charge in [-0.05, 0) is 37.0 Å². The Balaban J connectivity index is 1.79. The Bertz CT molecular complexity index is 579. The highest BCUT2D eigenvalue weighted by Crippen LogP contribution is 2.43. The van der Waals surface area contributed by atoms with Gasteiger partial charge in [0.1, 0.15) is 6.10 Å². The third-order valence-corrected chi connectivity index (χ3v) is 4.53. The van der Waals surface area contributed by atoms with Crippen molar-refractivity contribution >= 4 is 5.91 Å². The van der Waals surface area contributed by atoms with Crippen LogP contribution in [0.2, 0.25) is 0 Å². The predicted octanol–water partition coefficient (Wildman–Crippen LogP) is 2.19. The Hall–Kier alpha value is -1.60. The number of benzene rings is 1. The second kappa shape index (κ2) is 6.13. The van der Waals surface area contributed by atoms with E-state index in [0.29, 0.717) is 38.1 Å². The number of carbonyl (C=O) groups is 1. The summed E-state index contributed by atoms with van der Waals surface area (Å²) in [6, 6.07) is 5.23. The Labute approximate surface area is 132 Å². The fraction of sp³-hybridized carbons (Fsp3) is 0.562. The molecule has 1 amide bonds. The van der Waals surface area contributed by atoms with E-state index in [9.17, 15) is 18.0 Å². The molecule has 1 saturated heterocycles. The zero-order valence-electron chi connectivity index (χ0n) is 12.6. The molecule has 0 radical (unpaired) electrons. The van der Waals surface area contributed by atoms with Crippen LogP contribution in [0.4, 0.5) is 13.2 Å². The van der Waals surface area contributed by atoms with Gasteiger partial charge in [-0.2, -0.15) is 13.2 Å². The highest BCUT2D eigenvalue weighted by Gasteiger charge is 2.42. The minimum Gasteiger partial charge on any atom is -0.366 e. The van der Waals surface area contributed by atoms with Gasteiger partial charge in [-0.3, -0.25) is 4.79 Å². The summed E-state index contributed by atoms with van der Waals surface area (Å²) in [5.74, 6) is -0.269. The lowest BCUT2D eigenvalue weighted by molar-refractivity contribution is -0.137. The number of carbonyl (C=O) groups excluding carboxylic acids is 1. The quantitative estimate of drug-likeness (QED) is 0.894. The summed E-state index contributed by atoms with van der Waals surface area (Å²) in [6.45, 7) is 1.57. The summed E-state index contributed by atoms with van der Waals surface area (Å²) in [5, 5.41) is 5.99. The number of nitrogens with one attached hydrogen (secondary N) is 2. The van der Waals surface area contributed by atoms with Crippen LogP contribution in [0, 0.1) is 0 Å². The second-order valence-electron chi connectivity index (χ2n) is 6.07. The van der Waals surface area contributed by atoms with E-state index >= 15 is 0 Å². The zero-order valence-corrected chi connectivity index (χ0v) is 12.6. The van der Waals surface area contributed by atoms with Crippen LogP contribution >= 0.6 is 0 Å². The fourth-order valence-electron chi connectivity index (χ4n) is 3.06. The normalized spacial score (nSPS) is 23.9. The fourth-order valence-corrected chi connectivity index (χ4v) is 3.06. The standard InChI is InChI=1S/C16H19F3N2O2/c17-16(18,19)12-4-1-3-11(9-12)15(5-2-6-15)21-14(22)13-10-20-7-8-23-13/h1,3-4,9,13,20H,2,5-8,10H2,(H,21,22). The molecule has 23 heavy (non-hydrogen) atoms. The van der Waals surface area contributed by atoms with Gasteiger partial charge in [0.2, 0.25) is 0 Å². The first kappa shape index (κ1) is 16.3. The molecule has 2 fully saturated rings. The minimum absolute atomic E-state index is 0.269. The third-order valence-electron chi connectivity index (χ3n) is 4.53. The van der Waals surface area contributed by atoms with E-state index in [1.807, 2.05) is 0 Å². The van der Waals surface area contributed by atoms with Crippen LogP contribution in [-0.4, -0.2) is 31.7 Å². The maximum Gasteiger partial charge on any atom is 0.416 e. The monoisotopic (exact) mass is 328 g/mol. The van der Waals surface area contributed by atoms with E-state index in [2.05, 4.69) is 10.6 Å². The third kappa shape index (κ3) is 3.35. The lowest BCUT2D eigenvalue weighted by atomic mass is 9.71. The number of hydrogen-bond donors (Lipinski definition) is 2. The minimum atomic E-state index is -4.39. The summed E-state index contributed by atoms with van der Waals surface area (Å²) >= 11 is 0. The van der Waals surface area contributed by atoms with Crippen LogP contribution in [0.5, 0.6) is 0 Å². The first-order chi connectivity index (χ1) is 10.9. The zero-order chi connectivity index (χ0) is 16.5. The van der Waals surface area contributed by atoms with Crippen molar-refractivity contribution in [2.75, 3.05) is 19.7 Å². The van der Waals surface area contributed by atoms with Crippen molar-refractivity contribution in [2.45, 2.75) is 37.1 Å². The molecular weight excluding hydrogens is 309 g/mol. The molecular formula is C16H19F3N2O2. The molecule has 4 nitrogen and oxygen atoms in total. The van der Waals surface area contributed by atoms with Crippen LogP contribution in [0.25, 0.3) is 0 Å². The molecule has 1 heterocycles. The maximum atomic E-state index is 12.9. The number of halogens is 3. The molecule has 0 spiro atoms. The number of hydrogen-bond acceptors (Lipinski definition) is 3. The van der Waals surface area contributed by atoms with Crippen molar-refractivity contribution in [3.05, 3.63) is 35.4 Å². The van der Waals surface area contributed by atoms with Crippen molar-refractivity contribution in [1.82, 2.24) is 10.6 Å². The van der Waals surface area contributed by atoms with Crippen LogP contribution in [0.3, 0.4) is 0 Å². The molecule has 2 N–H and O–H groups in total. The number of morpholine rings is 1. The van der Waals surface area contributed by atoms with E-state index in [1.54, 1.807) is 6.07 Å². The number of alkyl halides is 3. The average Bonchev–Trinajstić information content (AvgIpc) is 2.51. The van der Waals surface area contributed by atoms with Crippen LogP contribution in [0.1, 0.15) is 30.4 Å². The van der Waals surface area contributed by atoms with E-state index in [-0.39, 0.29) is 5.91 Å². The van der Waals surface area contributed by atoms with Gasteiger partial charge < -0.3 is 15.4 Å². The highest BCUT2D eigenvalue weighted by atomic mass is 19.4. The molecule has 1 aromatic rings. The Kier molecular flexibility index (Phi) is 4.33. The molecule has 1 unspecified atom stereocenters. The molecule has 1 aromatic carbocycles. The van der Waals surface area contributed by atoms with Gasteiger partial charge in [0.25, 0.3) is 5.91 Å². The number of amides is 1. The highest BCUT2D eigenvalue weighted by molar-refractivity contribution is 5.82. The van der Waals surface area contributed by atoms with Gasteiger partial charge >= 0.3 is 6.18 Å². The van der Waals surface area contributed by atoms with E-state index in [1.165, 1.54) is 6.07 Å². The van der Waals surface area contributed by atoms with Crippen LogP contribution in [-0.2, 0) is 21.2 Å². The molecule has 3 rings (SSSR count). The van der Waals surface area contributed by atoms with Gasteiger partial charge in [-0.15, -0.1) is 0 Å². The van der Waals surface area contributed by atoms with E-state index in [4.69, 9.17) is 4.74 Å². The largest absolute Gasteiger partial charge is 0.416 e. The van der Waals surface area contributed by atoms with Crippen molar-refractivity contribution in [2.24, 2.45) is 0 Å². The second-order valence-corrected chi connectivity index (χ2v) is 6.07. The Morgan fingerprint density at radius 2 is 2.13 bits per heavy atom. The van der Waals surface area contributed by atoms with Gasteiger partial charge in [-0.1, -0.05) is 12.1 Å². The Morgan fingerprint density at radius 3 is 2.70 bits per heavy atom. The Morgan fingerprint density at radius 1 is 1.35 bits per heavy atom. The summed E-state index contributed by atoms with van der Waals surface area (Å²) in [6.07, 6.45) is -2.82. The number of rotatable bonds is 3. The summed E-state index contributed by atoms with van der Waals surface area (Å²) in [7, 11) is 0. The molecule has 1 saturated carbocycles. The molecule has 2 aliphatic rings. The average molecular weight is 328 g/mol. The number of ether oxygens (including phenoxy) is 1. The predicted molar refractivity (Wildman–Crippen MR) is 77.7 cm³/mol. The van der Waals surface area contributed by atoms with Crippen molar-refractivity contribution in [1.29, 1.82) is 0 Å². The first-order valence-electron chi connectivity index (χ1n) is 7.73. The molecule has 0 bridgehead atoms. The first-order valence-corrected chi connectivity index (χ1v) is 7.73. The van der Waals surface area contributed by atoms with Crippen LogP contribution in [0.15, 0.2) is 24.3 Å². The summed E-state index contributed by atoms with van der Waals surface area (Å²) < 4.78 is 44.2. The van der Waals surface area contributed by atoms with Crippen molar-refractivity contribution in [3.8, 4) is 0 Å². The van der Waals surface area contributed by atoms with Gasteiger partial charge in [0.15, 0.2) is 0 Å². The molecule has 1 aliphatic carbocycles.